The van der Waals surface area contributed by atoms with Crippen molar-refractivity contribution < 1.29 is 17.6 Å². The van der Waals surface area contributed by atoms with Gasteiger partial charge in [0.05, 0.1) is 20.2 Å². The van der Waals surface area contributed by atoms with Crippen LogP contribution in [0, 0.1) is 35.7 Å². The van der Waals surface area contributed by atoms with Crippen molar-refractivity contribution in [2.75, 3.05) is 0 Å². The molecule has 0 aliphatic rings. The summed E-state index contributed by atoms with van der Waals surface area (Å²) in [5.41, 5.74) is 1.20. The molecule has 0 aliphatic heterocycles. The van der Waals surface area contributed by atoms with Gasteiger partial charge >= 0.3 is 0 Å². The van der Waals surface area contributed by atoms with Gasteiger partial charge in [-0.1, -0.05) is 0 Å². The Labute approximate surface area is 161 Å². The molecule has 0 atom stereocenters. The van der Waals surface area contributed by atoms with Crippen molar-refractivity contribution >= 4 is 64.4 Å². The fraction of sp³-hybridized carbons (Fsp3) is 0.111. The van der Waals surface area contributed by atoms with Gasteiger partial charge < -0.3 is 11.7 Å². The summed E-state index contributed by atoms with van der Waals surface area (Å²) < 4.78 is 57.5. The van der Waals surface area contributed by atoms with Crippen molar-refractivity contribution in [2.24, 2.45) is 21.9 Å². The lowest BCUT2D eigenvalue weighted by Gasteiger charge is -2.06. The largest absolute Gasteiger partial charge is 0.323 e. The molecule has 4 N–H and O–H groups in total. The molecule has 28 heavy (non-hydrogen) atoms. The number of hydrogen-bond acceptors (Lipinski definition) is 6. The van der Waals surface area contributed by atoms with Gasteiger partial charge in [0.25, 0.3) is 0 Å². The van der Waals surface area contributed by atoms with Crippen molar-refractivity contribution in [3.05, 3.63) is 43.7 Å². The number of fused-ring (bicyclic) bond motifs is 6. The second-order valence-electron chi connectivity index (χ2n) is 6.49. The molecular weight excluding hydrogens is 412 g/mol. The molecule has 5 aromatic rings. The number of thiophene rings is 2. The molecule has 0 radical (unpaired) electrons. The maximum Gasteiger partial charge on any atom is 0.213 e. The molecule has 2 heterocycles. The van der Waals surface area contributed by atoms with Crippen molar-refractivity contribution in [3.63, 3.8) is 0 Å². The van der Waals surface area contributed by atoms with Gasteiger partial charge in [0.1, 0.15) is 10.7 Å². The zero-order valence-corrected chi connectivity index (χ0v) is 16.0. The van der Waals surface area contributed by atoms with Gasteiger partial charge in [0.2, 0.25) is 10.3 Å². The van der Waals surface area contributed by atoms with E-state index in [9.17, 15) is 17.6 Å². The Hall–Kier alpha value is -2.72. The van der Waals surface area contributed by atoms with Crippen LogP contribution in [0.3, 0.4) is 0 Å². The van der Waals surface area contributed by atoms with Crippen LogP contribution in [0.5, 0.6) is 0 Å². The second kappa shape index (κ2) is 5.42. The summed E-state index contributed by atoms with van der Waals surface area (Å²) >= 11 is 1.31. The first-order valence-corrected chi connectivity index (χ1v) is 9.67. The maximum absolute atomic E-state index is 14.4. The highest BCUT2D eigenvalue weighted by Crippen LogP contribution is 2.43. The highest BCUT2D eigenvalue weighted by Gasteiger charge is 2.28. The molecule has 3 aromatic carbocycles. The predicted molar refractivity (Wildman–Crippen MR) is 103 cm³/mol. The third-order valence-electron chi connectivity index (χ3n) is 5.28. The Balaban J connectivity index is 2.25. The van der Waals surface area contributed by atoms with E-state index in [1.807, 2.05) is 0 Å². The minimum Gasteiger partial charge on any atom is -0.323 e. The third-order valence-corrected chi connectivity index (χ3v) is 7.22. The summed E-state index contributed by atoms with van der Waals surface area (Å²) in [6.07, 6.45) is 0. The van der Waals surface area contributed by atoms with E-state index in [0.717, 1.165) is 0 Å². The van der Waals surface area contributed by atoms with Gasteiger partial charge in [-0.2, -0.15) is 19.0 Å². The Bertz CT molecular complexity index is 1480. The Morgan fingerprint density at radius 3 is 1.29 bits per heavy atom. The summed E-state index contributed by atoms with van der Waals surface area (Å²) in [5, 5.41) is 7.89. The number of halogens is 4. The van der Waals surface area contributed by atoms with Crippen LogP contribution >= 0.6 is 22.7 Å². The average molecular weight is 422 g/mol. The van der Waals surface area contributed by atoms with Crippen LogP contribution in [-0.4, -0.2) is 0 Å². The van der Waals surface area contributed by atoms with Crippen LogP contribution in [0.4, 0.5) is 17.6 Å². The summed E-state index contributed by atoms with van der Waals surface area (Å²) in [7, 11) is 0. The number of rotatable bonds is 0. The summed E-state index contributed by atoms with van der Waals surface area (Å²) in [6, 6.07) is 0. The van der Waals surface area contributed by atoms with Crippen LogP contribution in [-0.2, 0) is 0 Å². The Kier molecular flexibility index (Phi) is 3.36. The SMILES string of the molecule is Cc1c2c(=NN)c3c(F)c(F)sc3c2c(C)c2c(=NN)c3c(F)c(F)sc3c12. The summed E-state index contributed by atoms with van der Waals surface area (Å²) in [6.45, 7) is 3.46. The van der Waals surface area contributed by atoms with Crippen molar-refractivity contribution in [2.45, 2.75) is 13.8 Å². The molecule has 0 saturated heterocycles. The molecule has 0 amide bonds. The molecule has 4 nitrogen and oxygen atoms in total. The zero-order chi connectivity index (χ0) is 20.1. The zero-order valence-electron chi connectivity index (χ0n) is 14.4. The van der Waals surface area contributed by atoms with Crippen LogP contribution in [0.15, 0.2) is 10.2 Å². The predicted octanol–water partition coefficient (Wildman–Crippen LogP) is 4.02. The smallest absolute Gasteiger partial charge is 0.213 e. The molecule has 2 aromatic heterocycles. The normalized spacial score (nSPS) is 14.1. The van der Waals surface area contributed by atoms with E-state index in [2.05, 4.69) is 10.2 Å². The average Bonchev–Trinajstić information content (AvgIpc) is 3.33. The van der Waals surface area contributed by atoms with Crippen molar-refractivity contribution in [1.29, 1.82) is 0 Å². The number of nitrogens with two attached hydrogens (primary N) is 2. The van der Waals surface area contributed by atoms with Crippen LogP contribution in [0.25, 0.3) is 41.7 Å². The Morgan fingerprint density at radius 1 is 0.607 bits per heavy atom. The second-order valence-corrected chi connectivity index (χ2v) is 8.43. The molecule has 0 unspecified atom stereocenters. The highest BCUT2D eigenvalue weighted by molar-refractivity contribution is 7.19. The van der Waals surface area contributed by atoms with E-state index in [0.29, 0.717) is 64.7 Å². The minimum absolute atomic E-state index is 0.00451. The molecule has 0 saturated carbocycles. The first kappa shape index (κ1) is 17.4. The maximum atomic E-state index is 14.4. The van der Waals surface area contributed by atoms with E-state index in [-0.39, 0.29) is 21.5 Å². The molecule has 10 heteroatoms. The monoisotopic (exact) mass is 422 g/mol. The van der Waals surface area contributed by atoms with Gasteiger partial charge in [-0.15, -0.1) is 22.7 Å². The lowest BCUT2D eigenvalue weighted by atomic mass is 9.98. The van der Waals surface area contributed by atoms with Crippen LogP contribution in [0.1, 0.15) is 11.1 Å². The molecule has 142 valence electrons. The first-order valence-electron chi connectivity index (χ1n) is 8.04. The molecular formula is C18H10F4N4S2. The van der Waals surface area contributed by atoms with E-state index >= 15 is 0 Å². The lowest BCUT2D eigenvalue weighted by Crippen LogP contribution is -2.08. The van der Waals surface area contributed by atoms with E-state index in [1.165, 1.54) is 0 Å². The van der Waals surface area contributed by atoms with Crippen LogP contribution < -0.4 is 22.4 Å². The van der Waals surface area contributed by atoms with E-state index in [4.69, 9.17) is 11.7 Å². The van der Waals surface area contributed by atoms with E-state index < -0.39 is 21.9 Å². The fourth-order valence-corrected chi connectivity index (χ4v) is 6.24. The number of benzene rings is 1. The molecule has 0 spiro atoms. The highest BCUT2D eigenvalue weighted by atomic mass is 32.1. The van der Waals surface area contributed by atoms with Gasteiger partial charge in [0.15, 0.2) is 11.6 Å². The van der Waals surface area contributed by atoms with Gasteiger partial charge in [-0.25, -0.2) is 8.78 Å². The number of hydrogen-bond donors (Lipinski definition) is 2. The number of nitrogens with zero attached hydrogens (tertiary/aromatic N) is 2. The van der Waals surface area contributed by atoms with Crippen LogP contribution in [0.2, 0.25) is 0 Å². The molecule has 5 rings (SSSR count). The fourth-order valence-electron chi connectivity index (χ4n) is 4.21. The summed E-state index contributed by atoms with van der Waals surface area (Å²) in [5.74, 6) is 9.02. The standard InChI is InChI=1S/C18H10F4N4S2/c1-3-5-8(16-9(13(5)25-23)11(19)18(22)28-16)4(2)6-7(3)15-10(14(6)26-24)12(20)17(21)27-15/h23-24H2,1-2H3. The number of aryl methyl sites for hydroxylation is 2. The van der Waals surface area contributed by atoms with Gasteiger partial charge in [0, 0.05) is 21.5 Å². The summed E-state index contributed by atoms with van der Waals surface area (Å²) in [4.78, 5) is 0. The quantitative estimate of drug-likeness (QED) is 0.225. The van der Waals surface area contributed by atoms with Crippen molar-refractivity contribution in [3.8, 4) is 0 Å². The minimum atomic E-state index is -1.01. The van der Waals surface area contributed by atoms with Gasteiger partial charge in [-0.05, 0) is 25.0 Å². The van der Waals surface area contributed by atoms with E-state index in [1.54, 1.807) is 13.8 Å². The topological polar surface area (TPSA) is 76.8 Å². The lowest BCUT2D eigenvalue weighted by molar-refractivity contribution is 0.537. The van der Waals surface area contributed by atoms with Gasteiger partial charge in [-0.3, -0.25) is 0 Å². The molecule has 0 bridgehead atoms. The molecule has 0 aliphatic carbocycles. The Morgan fingerprint density at radius 2 is 0.964 bits per heavy atom. The third kappa shape index (κ3) is 1.75. The first-order chi connectivity index (χ1) is 13.3. The molecule has 0 fully saturated rings. The van der Waals surface area contributed by atoms with Crippen molar-refractivity contribution in [1.82, 2.24) is 0 Å².